The molecule has 2 rings (SSSR count). The second-order valence-corrected chi connectivity index (χ2v) is 8.34. The molecule has 0 spiro atoms. The van der Waals surface area contributed by atoms with Crippen LogP contribution in [0.3, 0.4) is 0 Å². The number of aliphatic imine (C=N–C) groups is 1. The molecule has 1 aromatic rings. The minimum atomic E-state index is -0.361. The summed E-state index contributed by atoms with van der Waals surface area (Å²) in [5, 5.41) is 11.4. The normalized spacial score (nSPS) is 15.3. The van der Waals surface area contributed by atoms with E-state index in [1.54, 1.807) is 4.90 Å². The number of amides is 2. The van der Waals surface area contributed by atoms with Crippen molar-refractivity contribution in [1.82, 2.24) is 20.9 Å². The Kier molecular flexibility index (Phi) is 11.6. The maximum Gasteiger partial charge on any atom is 0.261 e. The fourth-order valence-corrected chi connectivity index (χ4v) is 4.17. The van der Waals surface area contributed by atoms with Crippen molar-refractivity contribution >= 4 is 53.1 Å². The van der Waals surface area contributed by atoms with Crippen LogP contribution in [0.25, 0.3) is 0 Å². The van der Waals surface area contributed by atoms with Gasteiger partial charge in [-0.2, -0.15) is 0 Å². The van der Waals surface area contributed by atoms with E-state index in [4.69, 9.17) is 4.99 Å². The predicted octanol–water partition coefficient (Wildman–Crippen LogP) is 2.69. The van der Waals surface area contributed by atoms with Crippen LogP contribution in [0.1, 0.15) is 48.7 Å². The highest BCUT2D eigenvalue weighted by Gasteiger charge is 2.42. The molecule has 1 aliphatic carbocycles. The molecule has 1 aromatic heterocycles. The highest BCUT2D eigenvalue weighted by atomic mass is 127. The minimum absolute atomic E-state index is 0. The molecule has 7 nitrogen and oxygen atoms in total. The lowest BCUT2D eigenvalue weighted by Crippen LogP contribution is -2.43. The summed E-state index contributed by atoms with van der Waals surface area (Å²) < 4.78 is 0. The lowest BCUT2D eigenvalue weighted by molar-refractivity contribution is -0.138. The number of guanidine groups is 1. The zero-order valence-corrected chi connectivity index (χ0v) is 20.8. The Hall–Kier alpha value is -1.36. The summed E-state index contributed by atoms with van der Waals surface area (Å²) in [6.45, 7) is 4.59. The molecule has 0 aromatic carbocycles. The molecule has 0 aliphatic heterocycles. The van der Waals surface area contributed by atoms with E-state index in [2.05, 4.69) is 16.0 Å². The van der Waals surface area contributed by atoms with Gasteiger partial charge in [0.25, 0.3) is 5.91 Å². The summed E-state index contributed by atoms with van der Waals surface area (Å²) in [7, 11) is 3.64. The van der Waals surface area contributed by atoms with Gasteiger partial charge in [0.2, 0.25) is 5.91 Å². The van der Waals surface area contributed by atoms with Gasteiger partial charge >= 0.3 is 0 Å². The lowest BCUT2D eigenvalue weighted by Gasteiger charge is -2.29. The predicted molar refractivity (Wildman–Crippen MR) is 130 cm³/mol. The molecule has 0 atom stereocenters. The molecule has 2 amide bonds. The van der Waals surface area contributed by atoms with E-state index in [1.807, 2.05) is 38.5 Å². The largest absolute Gasteiger partial charge is 0.357 e. The summed E-state index contributed by atoms with van der Waals surface area (Å²) in [6.07, 6.45) is 4.78. The topological polar surface area (TPSA) is 85.8 Å². The molecule has 164 valence electrons. The Morgan fingerprint density at radius 3 is 2.45 bits per heavy atom. The fourth-order valence-electron chi connectivity index (χ4n) is 3.53. The molecule has 0 bridgehead atoms. The maximum absolute atomic E-state index is 12.7. The number of carbonyl (C=O) groups excluding carboxylic acids is 2. The molecule has 1 aliphatic rings. The number of rotatable bonds is 9. The van der Waals surface area contributed by atoms with Gasteiger partial charge in [-0.3, -0.25) is 14.6 Å². The van der Waals surface area contributed by atoms with E-state index < -0.39 is 0 Å². The van der Waals surface area contributed by atoms with Crippen LogP contribution in [0.5, 0.6) is 0 Å². The standard InChI is InChI=1S/C20H33N5O2S.HI/c1-4-21-19(23-13-8-12-22-17(26)16-9-7-14-28-16)24-15-20(10-5-6-11-20)18(27)25(2)3;/h7,9,14H,4-6,8,10-13,15H2,1-3H3,(H,22,26)(H2,21,23,24);1H. The molecule has 1 saturated carbocycles. The van der Waals surface area contributed by atoms with Crippen LogP contribution in [-0.4, -0.2) is 62.9 Å². The van der Waals surface area contributed by atoms with E-state index in [9.17, 15) is 9.59 Å². The Balaban J connectivity index is 0.00000420. The highest BCUT2D eigenvalue weighted by Crippen LogP contribution is 2.39. The summed E-state index contributed by atoms with van der Waals surface area (Å²) in [5.74, 6) is 0.881. The highest BCUT2D eigenvalue weighted by molar-refractivity contribution is 14.0. The molecule has 9 heteroatoms. The van der Waals surface area contributed by atoms with E-state index in [0.717, 1.165) is 49.5 Å². The van der Waals surface area contributed by atoms with Gasteiger partial charge < -0.3 is 20.9 Å². The van der Waals surface area contributed by atoms with Crippen LogP contribution >= 0.6 is 35.3 Å². The summed E-state index contributed by atoms with van der Waals surface area (Å²) >= 11 is 1.44. The third-order valence-corrected chi connectivity index (χ3v) is 5.85. The van der Waals surface area contributed by atoms with Crippen LogP contribution < -0.4 is 16.0 Å². The zero-order chi connectivity index (χ0) is 20.4. The van der Waals surface area contributed by atoms with Crippen LogP contribution in [0, 0.1) is 5.41 Å². The number of nitrogens with one attached hydrogen (secondary N) is 3. The van der Waals surface area contributed by atoms with Crippen LogP contribution in [-0.2, 0) is 4.79 Å². The van der Waals surface area contributed by atoms with Gasteiger partial charge in [0.1, 0.15) is 0 Å². The van der Waals surface area contributed by atoms with Crippen molar-refractivity contribution in [3.8, 4) is 0 Å². The van der Waals surface area contributed by atoms with Gasteiger partial charge in [-0.25, -0.2) is 0 Å². The van der Waals surface area contributed by atoms with Gasteiger partial charge in [-0.15, -0.1) is 35.3 Å². The molecule has 1 fully saturated rings. The average Bonchev–Trinajstić information content (AvgIpc) is 3.37. The van der Waals surface area contributed by atoms with E-state index >= 15 is 0 Å². The van der Waals surface area contributed by atoms with Gasteiger partial charge in [0.05, 0.1) is 16.8 Å². The van der Waals surface area contributed by atoms with E-state index in [-0.39, 0.29) is 41.2 Å². The summed E-state index contributed by atoms with van der Waals surface area (Å²) in [6, 6.07) is 3.69. The van der Waals surface area contributed by atoms with Crippen molar-refractivity contribution in [2.24, 2.45) is 10.4 Å². The number of carbonyl (C=O) groups is 2. The zero-order valence-electron chi connectivity index (χ0n) is 17.6. The first-order valence-corrected chi connectivity index (χ1v) is 10.9. The average molecular weight is 535 g/mol. The number of hydrogen-bond acceptors (Lipinski definition) is 4. The van der Waals surface area contributed by atoms with E-state index in [1.165, 1.54) is 11.3 Å². The lowest BCUT2D eigenvalue weighted by atomic mass is 9.85. The molecule has 1 heterocycles. The fraction of sp³-hybridized carbons (Fsp3) is 0.650. The first-order valence-electron chi connectivity index (χ1n) is 10.0. The number of thiophene rings is 1. The van der Waals surface area contributed by atoms with Crippen LogP contribution in [0.15, 0.2) is 22.5 Å². The smallest absolute Gasteiger partial charge is 0.261 e. The quantitative estimate of drug-likeness (QED) is 0.197. The number of halogens is 1. The molecular formula is C20H34IN5O2S. The summed E-state index contributed by atoms with van der Waals surface area (Å²) in [4.78, 5) is 31.7. The third-order valence-electron chi connectivity index (χ3n) is 4.98. The molecule has 29 heavy (non-hydrogen) atoms. The van der Waals surface area contributed by atoms with Crippen LogP contribution in [0.2, 0.25) is 0 Å². The van der Waals surface area contributed by atoms with Crippen molar-refractivity contribution < 1.29 is 9.59 Å². The second-order valence-electron chi connectivity index (χ2n) is 7.40. The molecular weight excluding hydrogens is 501 g/mol. The molecule has 0 radical (unpaired) electrons. The second kappa shape index (κ2) is 13.0. The summed E-state index contributed by atoms with van der Waals surface area (Å²) in [5.41, 5.74) is -0.361. The SMILES string of the molecule is CCNC(=NCC1(C(=O)N(C)C)CCCC1)NCCCNC(=O)c1cccs1.I. The monoisotopic (exact) mass is 535 g/mol. The first-order chi connectivity index (χ1) is 13.5. The van der Waals surface area contributed by atoms with Crippen LogP contribution in [0.4, 0.5) is 0 Å². The third kappa shape index (κ3) is 7.76. The first kappa shape index (κ1) is 25.7. The Morgan fingerprint density at radius 1 is 1.17 bits per heavy atom. The maximum atomic E-state index is 12.7. The van der Waals surface area contributed by atoms with Crippen molar-refractivity contribution in [2.75, 3.05) is 40.3 Å². The van der Waals surface area contributed by atoms with E-state index in [0.29, 0.717) is 19.6 Å². The van der Waals surface area contributed by atoms with Gasteiger partial charge in [-0.1, -0.05) is 18.9 Å². The molecule has 0 saturated heterocycles. The van der Waals surface area contributed by atoms with Crippen molar-refractivity contribution in [3.05, 3.63) is 22.4 Å². The minimum Gasteiger partial charge on any atom is -0.357 e. The van der Waals surface area contributed by atoms with Crippen molar-refractivity contribution in [2.45, 2.75) is 39.0 Å². The Bertz CT molecular complexity index is 658. The van der Waals surface area contributed by atoms with Gasteiger partial charge in [0, 0.05) is 33.7 Å². The Morgan fingerprint density at radius 2 is 1.86 bits per heavy atom. The molecule has 3 N–H and O–H groups in total. The number of nitrogens with zero attached hydrogens (tertiary/aromatic N) is 2. The number of hydrogen-bond donors (Lipinski definition) is 3. The van der Waals surface area contributed by atoms with Crippen molar-refractivity contribution in [1.29, 1.82) is 0 Å². The van der Waals surface area contributed by atoms with Gasteiger partial charge in [-0.05, 0) is 37.6 Å². The van der Waals surface area contributed by atoms with Crippen molar-refractivity contribution in [3.63, 3.8) is 0 Å². The van der Waals surface area contributed by atoms with Gasteiger partial charge in [0.15, 0.2) is 5.96 Å². The molecule has 0 unspecified atom stereocenters. The Labute approximate surface area is 195 Å².